The first-order valence-corrected chi connectivity index (χ1v) is 9.57. The molecule has 0 saturated heterocycles. The molecular formula is C20H34N4O3. The molecule has 1 aliphatic heterocycles. The van der Waals surface area contributed by atoms with E-state index in [9.17, 15) is 0 Å². The summed E-state index contributed by atoms with van der Waals surface area (Å²) in [5.74, 6) is 2.54. The summed E-state index contributed by atoms with van der Waals surface area (Å²) in [5.41, 5.74) is 2.58. The van der Waals surface area contributed by atoms with Crippen LogP contribution in [0.5, 0.6) is 11.5 Å². The van der Waals surface area contributed by atoms with Crippen LogP contribution in [0.15, 0.2) is 17.1 Å². The molecule has 0 bridgehead atoms. The molecule has 0 atom stereocenters. The predicted molar refractivity (Wildman–Crippen MR) is 109 cm³/mol. The Morgan fingerprint density at radius 3 is 2.48 bits per heavy atom. The van der Waals surface area contributed by atoms with Gasteiger partial charge in [0.05, 0.1) is 27.4 Å². The summed E-state index contributed by atoms with van der Waals surface area (Å²) in [6, 6.07) is 4.18. The van der Waals surface area contributed by atoms with Gasteiger partial charge in [-0.3, -0.25) is 4.99 Å². The van der Waals surface area contributed by atoms with Gasteiger partial charge in [0.15, 0.2) is 17.5 Å². The fourth-order valence-corrected chi connectivity index (χ4v) is 3.18. The van der Waals surface area contributed by atoms with E-state index >= 15 is 0 Å². The van der Waals surface area contributed by atoms with Gasteiger partial charge in [0, 0.05) is 39.8 Å². The summed E-state index contributed by atoms with van der Waals surface area (Å²) in [5, 5.41) is 3.43. The second-order valence-corrected chi connectivity index (χ2v) is 6.68. The van der Waals surface area contributed by atoms with Crippen LogP contribution in [0.1, 0.15) is 18.1 Å². The summed E-state index contributed by atoms with van der Waals surface area (Å²) < 4.78 is 16.0. The number of likely N-dealkylation sites (N-methyl/N-ethyl adjacent to an activating group) is 1. The van der Waals surface area contributed by atoms with Crippen molar-refractivity contribution in [2.24, 2.45) is 4.99 Å². The molecule has 7 nitrogen and oxygen atoms in total. The van der Waals surface area contributed by atoms with Crippen LogP contribution in [0, 0.1) is 0 Å². The molecule has 0 unspecified atom stereocenters. The predicted octanol–water partition coefficient (Wildman–Crippen LogP) is 1.61. The normalized spacial score (nSPS) is 14.3. The van der Waals surface area contributed by atoms with E-state index in [0.717, 1.165) is 69.8 Å². The highest BCUT2D eigenvalue weighted by molar-refractivity contribution is 5.80. The van der Waals surface area contributed by atoms with E-state index in [0.29, 0.717) is 0 Å². The molecule has 0 fully saturated rings. The molecule has 0 saturated carbocycles. The standard InChI is InChI=1S/C20H34N4O3/c1-6-21-20(22-8-10-23(2)11-12-25-3)24-9-7-16-13-18(26-4)19(27-5)14-17(16)15-24/h13-14H,6-12,15H2,1-5H3,(H,21,22). The number of guanidine groups is 1. The van der Waals surface area contributed by atoms with E-state index in [2.05, 4.69) is 41.2 Å². The highest BCUT2D eigenvalue weighted by atomic mass is 16.5. The summed E-state index contributed by atoms with van der Waals surface area (Å²) in [7, 11) is 7.18. The lowest BCUT2D eigenvalue weighted by atomic mass is 9.99. The van der Waals surface area contributed by atoms with Gasteiger partial charge in [0.2, 0.25) is 0 Å². The second-order valence-electron chi connectivity index (χ2n) is 6.68. The Bertz CT molecular complexity index is 621. The topological polar surface area (TPSA) is 58.6 Å². The molecule has 27 heavy (non-hydrogen) atoms. The number of hydrogen-bond donors (Lipinski definition) is 1. The quantitative estimate of drug-likeness (QED) is 0.520. The minimum atomic E-state index is 0.745. The van der Waals surface area contributed by atoms with Crippen LogP contribution in [0.25, 0.3) is 0 Å². The number of hydrogen-bond acceptors (Lipinski definition) is 5. The summed E-state index contributed by atoms with van der Waals surface area (Å²) >= 11 is 0. The number of nitrogens with zero attached hydrogens (tertiary/aromatic N) is 3. The van der Waals surface area contributed by atoms with E-state index in [1.54, 1.807) is 21.3 Å². The van der Waals surface area contributed by atoms with Gasteiger partial charge in [-0.05, 0) is 43.7 Å². The third-order valence-electron chi connectivity index (χ3n) is 4.77. The summed E-state index contributed by atoms with van der Waals surface area (Å²) in [4.78, 5) is 9.38. The lowest BCUT2D eigenvalue weighted by molar-refractivity contribution is 0.162. The summed E-state index contributed by atoms with van der Waals surface area (Å²) in [6.07, 6.45) is 0.966. The Morgan fingerprint density at radius 2 is 1.85 bits per heavy atom. The van der Waals surface area contributed by atoms with Crippen LogP contribution in [-0.2, 0) is 17.7 Å². The zero-order valence-corrected chi connectivity index (χ0v) is 17.4. The average molecular weight is 379 g/mol. The van der Waals surface area contributed by atoms with Crippen molar-refractivity contribution in [1.29, 1.82) is 0 Å². The largest absolute Gasteiger partial charge is 0.493 e. The van der Waals surface area contributed by atoms with Crippen molar-refractivity contribution < 1.29 is 14.2 Å². The SMILES string of the molecule is CCNC(=NCCN(C)CCOC)N1CCc2cc(OC)c(OC)cc2C1. The Morgan fingerprint density at radius 1 is 1.15 bits per heavy atom. The molecule has 1 heterocycles. The molecule has 1 aliphatic rings. The van der Waals surface area contributed by atoms with Crippen molar-refractivity contribution in [3.05, 3.63) is 23.3 Å². The van der Waals surface area contributed by atoms with Crippen LogP contribution in [-0.4, -0.2) is 83.5 Å². The minimum absolute atomic E-state index is 0.745. The molecule has 0 aliphatic carbocycles. The van der Waals surface area contributed by atoms with Crippen LogP contribution in [0.2, 0.25) is 0 Å². The number of benzene rings is 1. The van der Waals surface area contributed by atoms with Crippen molar-refractivity contribution in [3.63, 3.8) is 0 Å². The number of aliphatic imine (C=N–C) groups is 1. The highest BCUT2D eigenvalue weighted by Crippen LogP contribution is 2.33. The molecule has 0 spiro atoms. The van der Waals surface area contributed by atoms with E-state index in [-0.39, 0.29) is 0 Å². The Hall–Kier alpha value is -1.99. The zero-order valence-electron chi connectivity index (χ0n) is 17.4. The molecule has 152 valence electrons. The number of methoxy groups -OCH3 is 3. The second kappa shape index (κ2) is 11.0. The smallest absolute Gasteiger partial charge is 0.194 e. The molecule has 2 rings (SSSR count). The number of nitrogens with one attached hydrogen (secondary N) is 1. The third-order valence-corrected chi connectivity index (χ3v) is 4.77. The first kappa shape index (κ1) is 21.3. The molecule has 1 aromatic carbocycles. The van der Waals surface area contributed by atoms with Gasteiger partial charge in [0.25, 0.3) is 0 Å². The number of rotatable bonds is 9. The Kier molecular flexibility index (Phi) is 8.67. The highest BCUT2D eigenvalue weighted by Gasteiger charge is 2.21. The van der Waals surface area contributed by atoms with Gasteiger partial charge >= 0.3 is 0 Å². The van der Waals surface area contributed by atoms with Crippen molar-refractivity contribution in [2.45, 2.75) is 19.9 Å². The first-order chi connectivity index (χ1) is 13.1. The maximum absolute atomic E-state index is 5.46. The van der Waals surface area contributed by atoms with E-state index in [4.69, 9.17) is 19.2 Å². The lowest BCUT2D eigenvalue weighted by Gasteiger charge is -2.32. The van der Waals surface area contributed by atoms with Gasteiger partial charge in [-0.1, -0.05) is 0 Å². The van der Waals surface area contributed by atoms with Crippen molar-refractivity contribution >= 4 is 5.96 Å². The van der Waals surface area contributed by atoms with Crippen molar-refractivity contribution in [2.75, 3.05) is 67.7 Å². The molecule has 1 aromatic rings. The summed E-state index contributed by atoms with van der Waals surface area (Å²) in [6.45, 7) is 8.05. The number of ether oxygens (including phenoxy) is 3. The van der Waals surface area contributed by atoms with Crippen LogP contribution in [0.4, 0.5) is 0 Å². The minimum Gasteiger partial charge on any atom is -0.493 e. The molecule has 0 amide bonds. The van der Waals surface area contributed by atoms with E-state index in [1.165, 1.54) is 11.1 Å². The van der Waals surface area contributed by atoms with Crippen LogP contribution < -0.4 is 14.8 Å². The maximum Gasteiger partial charge on any atom is 0.194 e. The first-order valence-electron chi connectivity index (χ1n) is 9.57. The molecule has 1 N–H and O–H groups in total. The molecule has 0 radical (unpaired) electrons. The van der Waals surface area contributed by atoms with Crippen molar-refractivity contribution in [1.82, 2.24) is 15.1 Å². The zero-order chi connectivity index (χ0) is 19.6. The van der Waals surface area contributed by atoms with E-state index in [1.807, 2.05) is 0 Å². The third kappa shape index (κ3) is 6.01. The van der Waals surface area contributed by atoms with Gasteiger partial charge in [-0.2, -0.15) is 0 Å². The van der Waals surface area contributed by atoms with Gasteiger partial charge in [-0.25, -0.2) is 0 Å². The van der Waals surface area contributed by atoms with Gasteiger partial charge in [-0.15, -0.1) is 0 Å². The Balaban J connectivity index is 2.05. The van der Waals surface area contributed by atoms with Crippen LogP contribution >= 0.6 is 0 Å². The van der Waals surface area contributed by atoms with Gasteiger partial charge < -0.3 is 29.3 Å². The average Bonchev–Trinajstić information content (AvgIpc) is 2.70. The molecule has 7 heteroatoms. The monoisotopic (exact) mass is 378 g/mol. The van der Waals surface area contributed by atoms with E-state index < -0.39 is 0 Å². The molecule has 0 aromatic heterocycles. The lowest BCUT2D eigenvalue weighted by Crippen LogP contribution is -2.44. The van der Waals surface area contributed by atoms with Crippen LogP contribution in [0.3, 0.4) is 0 Å². The van der Waals surface area contributed by atoms with Gasteiger partial charge in [0.1, 0.15) is 0 Å². The fourth-order valence-electron chi connectivity index (χ4n) is 3.18. The fraction of sp³-hybridized carbons (Fsp3) is 0.650. The number of fused-ring (bicyclic) bond motifs is 1. The van der Waals surface area contributed by atoms with Crippen molar-refractivity contribution in [3.8, 4) is 11.5 Å². The molecular weight excluding hydrogens is 344 g/mol. The Labute approximate surface area is 163 Å². The maximum atomic E-state index is 5.46.